The lowest BCUT2D eigenvalue weighted by molar-refractivity contribution is 0.444. The topological polar surface area (TPSA) is 88.1 Å². The van der Waals surface area contributed by atoms with E-state index in [2.05, 4.69) is 10.2 Å². The molecule has 0 aliphatic rings. The SMILES string of the molecule is CCN(CC)S(=O)(=O)c1ccc(=O)n(Cc2ccc3cn[nH]c3c2)c1. The molecule has 1 N–H and O–H groups in total. The number of fused-ring (bicyclic) bond motifs is 1. The van der Waals surface area contributed by atoms with Gasteiger partial charge < -0.3 is 4.57 Å². The lowest BCUT2D eigenvalue weighted by Gasteiger charge is -2.19. The van der Waals surface area contributed by atoms with Gasteiger partial charge in [0.05, 0.1) is 23.2 Å². The van der Waals surface area contributed by atoms with E-state index >= 15 is 0 Å². The van der Waals surface area contributed by atoms with Gasteiger partial charge in [-0.1, -0.05) is 26.0 Å². The van der Waals surface area contributed by atoms with E-state index in [1.54, 1.807) is 20.0 Å². The number of hydrogen-bond donors (Lipinski definition) is 1. The van der Waals surface area contributed by atoms with E-state index in [9.17, 15) is 13.2 Å². The van der Waals surface area contributed by atoms with Crippen molar-refractivity contribution in [2.24, 2.45) is 0 Å². The Labute approximate surface area is 146 Å². The summed E-state index contributed by atoms with van der Waals surface area (Å²) in [6.45, 7) is 4.63. The van der Waals surface area contributed by atoms with Crippen molar-refractivity contribution >= 4 is 20.9 Å². The summed E-state index contributed by atoms with van der Waals surface area (Å²) < 4.78 is 28.1. The molecule has 0 radical (unpaired) electrons. The molecular weight excluding hydrogens is 340 g/mol. The van der Waals surface area contributed by atoms with Crippen molar-refractivity contribution in [1.29, 1.82) is 0 Å². The first-order valence-corrected chi connectivity index (χ1v) is 9.52. The predicted molar refractivity (Wildman–Crippen MR) is 96.0 cm³/mol. The maximum absolute atomic E-state index is 12.6. The standard InChI is InChI=1S/C17H20N4O3S/c1-3-21(4-2)25(23,24)15-7-8-17(22)20(12-15)11-13-5-6-14-10-18-19-16(14)9-13/h5-10,12H,3-4,11H2,1-2H3,(H,18,19). The Morgan fingerprint density at radius 3 is 2.64 bits per heavy atom. The molecule has 0 spiro atoms. The van der Waals surface area contributed by atoms with Gasteiger partial charge in [-0.3, -0.25) is 9.89 Å². The first-order chi connectivity index (χ1) is 12.0. The van der Waals surface area contributed by atoms with E-state index < -0.39 is 10.0 Å². The number of aromatic amines is 1. The smallest absolute Gasteiger partial charge is 0.250 e. The zero-order valence-corrected chi connectivity index (χ0v) is 15.0. The molecule has 0 fully saturated rings. The Kier molecular flexibility index (Phi) is 4.73. The number of H-pyrrole nitrogens is 1. The van der Waals surface area contributed by atoms with Crippen LogP contribution in [0.1, 0.15) is 19.4 Å². The molecule has 132 valence electrons. The van der Waals surface area contributed by atoms with Crippen LogP contribution in [0.5, 0.6) is 0 Å². The number of hydrogen-bond acceptors (Lipinski definition) is 4. The quantitative estimate of drug-likeness (QED) is 0.726. The zero-order chi connectivity index (χ0) is 18.0. The fraction of sp³-hybridized carbons (Fsp3) is 0.294. The Morgan fingerprint density at radius 2 is 1.92 bits per heavy atom. The summed E-state index contributed by atoms with van der Waals surface area (Å²) in [5.41, 5.74) is 1.51. The van der Waals surface area contributed by atoms with Crippen LogP contribution >= 0.6 is 0 Å². The first kappa shape index (κ1) is 17.4. The van der Waals surface area contributed by atoms with E-state index in [-0.39, 0.29) is 17.0 Å². The second kappa shape index (κ2) is 6.81. The summed E-state index contributed by atoms with van der Waals surface area (Å²) in [5.74, 6) is 0. The van der Waals surface area contributed by atoms with Gasteiger partial charge in [-0.25, -0.2) is 8.42 Å². The summed E-state index contributed by atoms with van der Waals surface area (Å²) in [6, 6.07) is 8.38. The van der Waals surface area contributed by atoms with Crippen molar-refractivity contribution in [1.82, 2.24) is 19.1 Å². The normalized spacial score (nSPS) is 12.1. The third kappa shape index (κ3) is 3.35. The average Bonchev–Trinajstić information content (AvgIpc) is 3.05. The second-order valence-electron chi connectivity index (χ2n) is 5.71. The number of nitrogens with one attached hydrogen (secondary N) is 1. The monoisotopic (exact) mass is 360 g/mol. The maximum atomic E-state index is 12.6. The van der Waals surface area contributed by atoms with Gasteiger partial charge in [0.15, 0.2) is 0 Å². The molecule has 0 aliphatic carbocycles. The van der Waals surface area contributed by atoms with E-state index in [0.29, 0.717) is 13.1 Å². The predicted octanol–water partition coefficient (Wildman–Crippen LogP) is 1.80. The van der Waals surface area contributed by atoms with Crippen molar-refractivity contribution in [3.63, 3.8) is 0 Å². The number of rotatable bonds is 6. The summed E-state index contributed by atoms with van der Waals surface area (Å²) >= 11 is 0. The Bertz CT molecular complexity index is 1050. The highest BCUT2D eigenvalue weighted by Crippen LogP contribution is 2.16. The molecular formula is C17H20N4O3S. The molecule has 1 aromatic carbocycles. The van der Waals surface area contributed by atoms with Crippen LogP contribution in [0.2, 0.25) is 0 Å². The molecule has 3 aromatic rings. The third-order valence-electron chi connectivity index (χ3n) is 4.16. The highest BCUT2D eigenvalue weighted by atomic mass is 32.2. The van der Waals surface area contributed by atoms with Crippen LogP contribution < -0.4 is 5.56 Å². The van der Waals surface area contributed by atoms with E-state index in [1.807, 2.05) is 18.2 Å². The molecule has 0 saturated carbocycles. The molecule has 0 aliphatic heterocycles. The molecule has 2 heterocycles. The van der Waals surface area contributed by atoms with E-state index in [1.165, 1.54) is 27.2 Å². The van der Waals surface area contributed by atoms with E-state index in [0.717, 1.165) is 16.5 Å². The minimum Gasteiger partial charge on any atom is -0.310 e. The van der Waals surface area contributed by atoms with Crippen LogP contribution in [0.25, 0.3) is 10.9 Å². The molecule has 0 bridgehead atoms. The molecule has 8 heteroatoms. The van der Waals surface area contributed by atoms with Gasteiger partial charge in [-0.2, -0.15) is 9.40 Å². The van der Waals surface area contributed by atoms with Crippen LogP contribution in [-0.2, 0) is 16.6 Å². The fourth-order valence-electron chi connectivity index (χ4n) is 2.78. The molecule has 0 amide bonds. The van der Waals surface area contributed by atoms with Crippen LogP contribution in [0.3, 0.4) is 0 Å². The number of benzene rings is 1. The van der Waals surface area contributed by atoms with Gasteiger partial charge >= 0.3 is 0 Å². The van der Waals surface area contributed by atoms with Gasteiger partial charge in [-0.05, 0) is 17.7 Å². The van der Waals surface area contributed by atoms with E-state index in [4.69, 9.17) is 0 Å². The maximum Gasteiger partial charge on any atom is 0.250 e. The van der Waals surface area contributed by atoms with Gasteiger partial charge in [-0.15, -0.1) is 0 Å². The van der Waals surface area contributed by atoms with Crippen LogP contribution in [-0.4, -0.2) is 40.6 Å². The highest BCUT2D eigenvalue weighted by molar-refractivity contribution is 7.89. The second-order valence-corrected chi connectivity index (χ2v) is 7.65. The molecule has 0 unspecified atom stereocenters. The summed E-state index contributed by atoms with van der Waals surface area (Å²) in [5, 5.41) is 7.84. The largest absolute Gasteiger partial charge is 0.310 e. The molecule has 0 atom stereocenters. The number of sulfonamides is 1. The third-order valence-corrected chi connectivity index (χ3v) is 6.19. The molecule has 7 nitrogen and oxygen atoms in total. The Hall–Kier alpha value is -2.45. The van der Waals surface area contributed by atoms with Crippen LogP contribution in [0.15, 0.2) is 52.4 Å². The lowest BCUT2D eigenvalue weighted by atomic mass is 10.1. The van der Waals surface area contributed by atoms with Gasteiger partial charge in [0.2, 0.25) is 10.0 Å². The lowest BCUT2D eigenvalue weighted by Crippen LogP contribution is -2.32. The molecule has 2 aromatic heterocycles. The van der Waals surface area contributed by atoms with Crippen LogP contribution in [0.4, 0.5) is 0 Å². The number of aromatic nitrogens is 3. The van der Waals surface area contributed by atoms with Crippen molar-refractivity contribution in [3.8, 4) is 0 Å². The minimum absolute atomic E-state index is 0.124. The minimum atomic E-state index is -3.60. The molecule has 3 rings (SSSR count). The fourth-order valence-corrected chi connectivity index (χ4v) is 4.26. The average molecular weight is 360 g/mol. The van der Waals surface area contributed by atoms with Gasteiger partial charge in [0.25, 0.3) is 5.56 Å². The first-order valence-electron chi connectivity index (χ1n) is 8.08. The van der Waals surface area contributed by atoms with Gasteiger partial charge in [0.1, 0.15) is 0 Å². The summed E-state index contributed by atoms with van der Waals surface area (Å²) in [7, 11) is -3.60. The van der Waals surface area contributed by atoms with Gasteiger partial charge in [0, 0.05) is 30.7 Å². The van der Waals surface area contributed by atoms with Crippen molar-refractivity contribution in [2.45, 2.75) is 25.3 Å². The van der Waals surface area contributed by atoms with Crippen molar-refractivity contribution < 1.29 is 8.42 Å². The van der Waals surface area contributed by atoms with Crippen molar-refractivity contribution in [2.75, 3.05) is 13.1 Å². The molecule has 25 heavy (non-hydrogen) atoms. The Balaban J connectivity index is 1.98. The molecule has 0 saturated heterocycles. The zero-order valence-electron chi connectivity index (χ0n) is 14.1. The van der Waals surface area contributed by atoms with Crippen molar-refractivity contribution in [3.05, 3.63) is 58.6 Å². The summed E-state index contributed by atoms with van der Waals surface area (Å²) in [4.78, 5) is 12.3. The number of nitrogens with zero attached hydrogens (tertiary/aromatic N) is 3. The summed E-state index contributed by atoms with van der Waals surface area (Å²) in [6.07, 6.45) is 3.13. The highest BCUT2D eigenvalue weighted by Gasteiger charge is 2.22. The van der Waals surface area contributed by atoms with Crippen LogP contribution in [0, 0.1) is 0 Å². The number of pyridine rings is 1. The Morgan fingerprint density at radius 1 is 1.16 bits per heavy atom.